The smallest absolute Gasteiger partial charge is 0.220 e. The van der Waals surface area contributed by atoms with Gasteiger partial charge in [0.1, 0.15) is 0 Å². The molecule has 1 saturated heterocycles. The van der Waals surface area contributed by atoms with Crippen molar-refractivity contribution in [2.24, 2.45) is 0 Å². The average molecular weight is 430 g/mol. The van der Waals surface area contributed by atoms with Crippen LogP contribution in [0.15, 0.2) is 54.6 Å². The first-order valence-corrected chi connectivity index (χ1v) is 12.1. The Morgan fingerprint density at radius 1 is 1.00 bits per heavy atom. The van der Waals surface area contributed by atoms with Gasteiger partial charge in [-0.25, -0.2) is 8.42 Å². The van der Waals surface area contributed by atoms with Crippen molar-refractivity contribution >= 4 is 21.6 Å². The summed E-state index contributed by atoms with van der Waals surface area (Å²) in [6.45, 7) is 4.83. The van der Waals surface area contributed by atoms with Crippen LogP contribution in [0.5, 0.6) is 0 Å². The Labute approximate surface area is 179 Å². The second kappa shape index (κ2) is 10.6. The first kappa shape index (κ1) is 22.3. The van der Waals surface area contributed by atoms with Crippen molar-refractivity contribution in [2.75, 3.05) is 43.4 Å². The molecule has 162 valence electrons. The van der Waals surface area contributed by atoms with Gasteiger partial charge in [0, 0.05) is 44.8 Å². The largest absolute Gasteiger partial charge is 0.369 e. The highest BCUT2D eigenvalue weighted by molar-refractivity contribution is 7.89. The number of benzene rings is 2. The summed E-state index contributed by atoms with van der Waals surface area (Å²) in [5.74, 6) is 0.0270. The lowest BCUT2D eigenvalue weighted by Gasteiger charge is -2.35. The van der Waals surface area contributed by atoms with E-state index in [1.807, 2.05) is 36.4 Å². The number of piperazine rings is 1. The van der Waals surface area contributed by atoms with Gasteiger partial charge in [-0.1, -0.05) is 42.5 Å². The Morgan fingerprint density at radius 3 is 2.43 bits per heavy atom. The minimum absolute atomic E-state index is 0.0389. The summed E-state index contributed by atoms with van der Waals surface area (Å²) in [5.41, 5.74) is 3.47. The Bertz CT molecular complexity index is 924. The summed E-state index contributed by atoms with van der Waals surface area (Å²) < 4.78 is 26.8. The van der Waals surface area contributed by atoms with Crippen LogP contribution in [-0.4, -0.2) is 57.1 Å². The predicted molar refractivity (Wildman–Crippen MR) is 121 cm³/mol. The van der Waals surface area contributed by atoms with Crippen molar-refractivity contribution in [1.29, 1.82) is 0 Å². The van der Waals surface area contributed by atoms with E-state index in [2.05, 4.69) is 35.3 Å². The molecule has 0 aromatic heterocycles. The maximum atomic E-state index is 12.6. The number of aryl methyl sites for hydroxylation is 2. The molecule has 0 atom stereocenters. The molecular weight excluding hydrogens is 398 g/mol. The van der Waals surface area contributed by atoms with E-state index < -0.39 is 10.0 Å². The van der Waals surface area contributed by atoms with Gasteiger partial charge in [0.2, 0.25) is 15.9 Å². The van der Waals surface area contributed by atoms with Crippen LogP contribution in [0.3, 0.4) is 0 Å². The molecule has 2 aromatic rings. The molecule has 30 heavy (non-hydrogen) atoms. The van der Waals surface area contributed by atoms with Crippen LogP contribution in [0.1, 0.15) is 24.0 Å². The number of carbonyl (C=O) groups is 1. The number of rotatable bonds is 9. The summed E-state index contributed by atoms with van der Waals surface area (Å²) >= 11 is 0. The molecule has 1 fully saturated rings. The second-order valence-corrected chi connectivity index (χ2v) is 9.82. The lowest BCUT2D eigenvalue weighted by atomic mass is 10.1. The fourth-order valence-electron chi connectivity index (χ4n) is 3.65. The van der Waals surface area contributed by atoms with E-state index >= 15 is 0 Å². The number of hydrogen-bond acceptors (Lipinski definition) is 4. The van der Waals surface area contributed by atoms with Gasteiger partial charge >= 0.3 is 0 Å². The Hall–Kier alpha value is -2.38. The van der Waals surface area contributed by atoms with Crippen LogP contribution in [0, 0.1) is 6.92 Å². The van der Waals surface area contributed by atoms with Gasteiger partial charge in [0.25, 0.3) is 0 Å². The summed E-state index contributed by atoms with van der Waals surface area (Å²) in [6, 6.07) is 18.1. The van der Waals surface area contributed by atoms with Crippen molar-refractivity contribution in [1.82, 2.24) is 9.62 Å². The average Bonchev–Trinajstić information content (AvgIpc) is 2.76. The molecule has 1 aliphatic rings. The zero-order valence-corrected chi connectivity index (χ0v) is 18.4. The second-order valence-electron chi connectivity index (χ2n) is 7.73. The van der Waals surface area contributed by atoms with E-state index in [4.69, 9.17) is 0 Å². The van der Waals surface area contributed by atoms with E-state index in [0.717, 1.165) is 11.3 Å². The first-order valence-electron chi connectivity index (χ1n) is 10.5. The zero-order chi connectivity index (χ0) is 21.4. The van der Waals surface area contributed by atoms with Gasteiger partial charge in [-0.05, 0) is 43.0 Å². The van der Waals surface area contributed by atoms with Crippen LogP contribution >= 0.6 is 0 Å². The number of sulfonamides is 1. The Morgan fingerprint density at radius 2 is 1.73 bits per heavy atom. The van der Waals surface area contributed by atoms with Crippen molar-refractivity contribution in [3.63, 3.8) is 0 Å². The van der Waals surface area contributed by atoms with Crippen LogP contribution in [0.2, 0.25) is 0 Å². The highest BCUT2D eigenvalue weighted by Crippen LogP contribution is 2.19. The molecule has 0 saturated carbocycles. The third-order valence-corrected chi connectivity index (χ3v) is 7.34. The van der Waals surface area contributed by atoms with Crippen LogP contribution in [0.25, 0.3) is 0 Å². The summed E-state index contributed by atoms with van der Waals surface area (Å²) in [6.07, 6.45) is 1.53. The lowest BCUT2D eigenvalue weighted by Crippen LogP contribution is -2.49. The lowest BCUT2D eigenvalue weighted by molar-refractivity contribution is -0.121. The topological polar surface area (TPSA) is 69.7 Å². The summed E-state index contributed by atoms with van der Waals surface area (Å²) in [7, 11) is -3.29. The van der Waals surface area contributed by atoms with E-state index in [9.17, 15) is 13.2 Å². The molecule has 1 heterocycles. The van der Waals surface area contributed by atoms with Crippen LogP contribution in [-0.2, 0) is 21.2 Å². The minimum atomic E-state index is -3.29. The molecule has 3 rings (SSSR count). The number of nitrogens with one attached hydrogen (secondary N) is 1. The number of carbonyl (C=O) groups excluding carboxylic acids is 1. The van der Waals surface area contributed by atoms with Gasteiger partial charge in [-0.2, -0.15) is 4.31 Å². The summed E-state index contributed by atoms with van der Waals surface area (Å²) in [5, 5.41) is 2.83. The third kappa shape index (κ3) is 6.57. The van der Waals surface area contributed by atoms with E-state index in [0.29, 0.717) is 52.0 Å². The standard InChI is InChI=1S/C23H31N3O3S/c1-20-7-5-10-22(19-20)25-14-16-26(17-15-25)30(28,29)18-6-13-24-23(27)12-11-21-8-3-2-4-9-21/h2-5,7-10,19H,6,11-18H2,1H3,(H,24,27). The highest BCUT2D eigenvalue weighted by atomic mass is 32.2. The van der Waals surface area contributed by atoms with Crippen molar-refractivity contribution in [3.05, 3.63) is 65.7 Å². The molecule has 0 radical (unpaired) electrons. The molecule has 0 bridgehead atoms. The fourth-order valence-corrected chi connectivity index (χ4v) is 5.14. The molecular formula is C23H31N3O3S. The molecule has 1 aliphatic heterocycles. The number of anilines is 1. The molecule has 6 nitrogen and oxygen atoms in total. The quantitative estimate of drug-likeness (QED) is 0.622. The molecule has 7 heteroatoms. The third-order valence-electron chi connectivity index (χ3n) is 5.38. The SMILES string of the molecule is Cc1cccc(N2CCN(S(=O)(=O)CCCNC(=O)CCc3ccccc3)CC2)c1. The van der Waals surface area contributed by atoms with Crippen LogP contribution < -0.4 is 10.2 Å². The van der Waals surface area contributed by atoms with Crippen molar-refractivity contribution < 1.29 is 13.2 Å². The maximum absolute atomic E-state index is 12.6. The van der Waals surface area contributed by atoms with Crippen molar-refractivity contribution in [3.8, 4) is 0 Å². The molecule has 1 amide bonds. The van der Waals surface area contributed by atoms with Crippen LogP contribution in [0.4, 0.5) is 5.69 Å². The fraction of sp³-hybridized carbons (Fsp3) is 0.435. The monoisotopic (exact) mass is 429 g/mol. The van der Waals surface area contributed by atoms with E-state index in [1.165, 1.54) is 5.56 Å². The van der Waals surface area contributed by atoms with Gasteiger partial charge in [0.15, 0.2) is 0 Å². The molecule has 2 aromatic carbocycles. The number of amides is 1. The van der Waals surface area contributed by atoms with E-state index in [1.54, 1.807) is 4.31 Å². The van der Waals surface area contributed by atoms with Gasteiger partial charge < -0.3 is 10.2 Å². The van der Waals surface area contributed by atoms with Gasteiger partial charge in [-0.3, -0.25) is 4.79 Å². The van der Waals surface area contributed by atoms with Gasteiger partial charge in [-0.15, -0.1) is 0 Å². The minimum Gasteiger partial charge on any atom is -0.369 e. The van der Waals surface area contributed by atoms with E-state index in [-0.39, 0.29) is 11.7 Å². The maximum Gasteiger partial charge on any atom is 0.220 e. The molecule has 0 spiro atoms. The number of hydrogen-bond donors (Lipinski definition) is 1. The number of nitrogens with zero attached hydrogens (tertiary/aromatic N) is 2. The Kier molecular flexibility index (Phi) is 7.87. The Balaban J connectivity index is 1.36. The molecule has 1 N–H and O–H groups in total. The van der Waals surface area contributed by atoms with Crippen molar-refractivity contribution in [2.45, 2.75) is 26.2 Å². The predicted octanol–water partition coefficient (Wildman–Crippen LogP) is 2.59. The molecule has 0 unspecified atom stereocenters. The summed E-state index contributed by atoms with van der Waals surface area (Å²) in [4.78, 5) is 14.2. The highest BCUT2D eigenvalue weighted by Gasteiger charge is 2.26. The normalized spacial score (nSPS) is 15.2. The van der Waals surface area contributed by atoms with Gasteiger partial charge in [0.05, 0.1) is 5.75 Å². The molecule has 0 aliphatic carbocycles. The first-order chi connectivity index (χ1) is 14.4. The zero-order valence-electron chi connectivity index (χ0n) is 17.6.